The van der Waals surface area contributed by atoms with Crippen LogP contribution in [0.3, 0.4) is 0 Å². The summed E-state index contributed by atoms with van der Waals surface area (Å²) in [5, 5.41) is 10.9. The molecule has 2 amide bonds. The number of carbonyl (C=O) groups excluding carboxylic acids is 3. The number of esters is 1. The van der Waals surface area contributed by atoms with Crippen molar-refractivity contribution in [1.82, 2.24) is 5.32 Å². The second kappa shape index (κ2) is 25.3. The van der Waals surface area contributed by atoms with Crippen LogP contribution in [0.2, 0.25) is 0 Å². The minimum absolute atomic E-state index is 0.133. The number of ether oxygens (including phenoxy) is 1. The maximum atomic E-state index is 12.4. The number of imide groups is 1. The van der Waals surface area contributed by atoms with Gasteiger partial charge in [-0.3, -0.25) is 24.5 Å². The van der Waals surface area contributed by atoms with E-state index in [0.29, 0.717) is 12.8 Å². The van der Waals surface area contributed by atoms with Gasteiger partial charge >= 0.3 is 11.9 Å². The SMILES string of the molecule is CCCCCCCCCCCC(=O)O[C@H](CCCCCCCCCCC)CC(=O)NC(=O)[C@H](N)CC(=O)O. The van der Waals surface area contributed by atoms with Crippen molar-refractivity contribution in [2.75, 3.05) is 0 Å². The van der Waals surface area contributed by atoms with Crippen molar-refractivity contribution in [2.45, 2.75) is 167 Å². The lowest BCUT2D eigenvalue weighted by atomic mass is 10.0. The lowest BCUT2D eigenvalue weighted by Gasteiger charge is -2.18. The van der Waals surface area contributed by atoms with Crippen molar-refractivity contribution in [3.8, 4) is 0 Å². The molecule has 0 saturated heterocycles. The van der Waals surface area contributed by atoms with E-state index >= 15 is 0 Å². The molecule has 4 N–H and O–H groups in total. The van der Waals surface area contributed by atoms with Crippen LogP contribution in [0.1, 0.15) is 155 Å². The maximum absolute atomic E-state index is 12.4. The molecule has 8 heteroatoms. The summed E-state index contributed by atoms with van der Waals surface area (Å²) in [6, 6.07) is -1.30. The first-order chi connectivity index (χ1) is 18.3. The highest BCUT2D eigenvalue weighted by Gasteiger charge is 2.23. The Kier molecular flexibility index (Phi) is 24.0. The zero-order valence-electron chi connectivity index (χ0n) is 24.3. The number of aliphatic carboxylic acids is 1. The maximum Gasteiger partial charge on any atom is 0.306 e. The van der Waals surface area contributed by atoms with Crippen molar-refractivity contribution in [2.24, 2.45) is 5.73 Å². The van der Waals surface area contributed by atoms with Gasteiger partial charge in [0.05, 0.1) is 18.9 Å². The summed E-state index contributed by atoms with van der Waals surface area (Å²) in [4.78, 5) is 47.6. The number of nitrogens with two attached hydrogens (primary N) is 1. The minimum atomic E-state index is -1.30. The third-order valence-corrected chi connectivity index (χ3v) is 6.82. The van der Waals surface area contributed by atoms with Gasteiger partial charge in [0, 0.05) is 6.42 Å². The van der Waals surface area contributed by atoms with Gasteiger partial charge in [-0.2, -0.15) is 0 Å². The summed E-state index contributed by atoms with van der Waals surface area (Å²) in [6.07, 6.45) is 20.5. The Morgan fingerprint density at radius 3 is 1.61 bits per heavy atom. The van der Waals surface area contributed by atoms with Gasteiger partial charge in [-0.05, 0) is 19.3 Å². The number of amides is 2. The van der Waals surface area contributed by atoms with Crippen LogP contribution in [-0.4, -0.2) is 41.0 Å². The van der Waals surface area contributed by atoms with Crippen LogP contribution in [0.25, 0.3) is 0 Å². The minimum Gasteiger partial charge on any atom is -0.481 e. The molecule has 2 atom stereocenters. The Bertz CT molecular complexity index is 640. The van der Waals surface area contributed by atoms with Gasteiger partial charge in [0.2, 0.25) is 11.8 Å². The summed E-state index contributed by atoms with van der Waals surface area (Å²) >= 11 is 0. The lowest BCUT2D eigenvalue weighted by molar-refractivity contribution is -0.151. The van der Waals surface area contributed by atoms with Crippen molar-refractivity contribution in [1.29, 1.82) is 0 Å². The number of unbranched alkanes of at least 4 members (excludes halogenated alkanes) is 16. The van der Waals surface area contributed by atoms with Crippen LogP contribution in [0.15, 0.2) is 0 Å². The Balaban J connectivity index is 4.45. The van der Waals surface area contributed by atoms with Gasteiger partial charge in [0.15, 0.2) is 0 Å². The smallest absolute Gasteiger partial charge is 0.306 e. The first kappa shape index (κ1) is 36.0. The molecule has 0 spiro atoms. The number of carbonyl (C=O) groups is 4. The predicted molar refractivity (Wildman–Crippen MR) is 152 cm³/mol. The standard InChI is InChI=1S/C30H56N2O6/c1-3-5-7-9-11-13-15-17-19-21-25(23-27(33)32-30(37)26(31)24-28(34)35)38-29(36)22-20-18-16-14-12-10-8-6-4-2/h25-26H,3-24,31H2,1-2H3,(H,34,35)(H,32,33,37)/t25-,26-/m1/s1. The fourth-order valence-corrected chi connectivity index (χ4v) is 4.48. The molecule has 0 aromatic rings. The van der Waals surface area contributed by atoms with Crippen LogP contribution in [-0.2, 0) is 23.9 Å². The van der Waals surface area contributed by atoms with E-state index in [-0.39, 0.29) is 12.4 Å². The van der Waals surface area contributed by atoms with Crippen LogP contribution in [0.5, 0.6) is 0 Å². The molecule has 0 fully saturated rings. The average molecular weight is 541 g/mol. The van der Waals surface area contributed by atoms with E-state index in [0.717, 1.165) is 38.5 Å². The molecule has 0 aliphatic rings. The van der Waals surface area contributed by atoms with Crippen molar-refractivity contribution in [3.05, 3.63) is 0 Å². The Morgan fingerprint density at radius 1 is 0.684 bits per heavy atom. The number of carboxylic acid groups (broad SMARTS) is 1. The molecule has 0 radical (unpaired) electrons. The Morgan fingerprint density at radius 2 is 1.13 bits per heavy atom. The first-order valence-corrected chi connectivity index (χ1v) is 15.3. The second-order valence-corrected chi connectivity index (χ2v) is 10.6. The molecular weight excluding hydrogens is 484 g/mol. The molecule has 0 unspecified atom stereocenters. The molecule has 0 aliphatic carbocycles. The molecule has 8 nitrogen and oxygen atoms in total. The lowest BCUT2D eigenvalue weighted by Crippen LogP contribution is -2.45. The van der Waals surface area contributed by atoms with Gasteiger partial charge in [-0.15, -0.1) is 0 Å². The normalized spacial score (nSPS) is 12.6. The highest BCUT2D eigenvalue weighted by atomic mass is 16.5. The fraction of sp³-hybridized carbons (Fsp3) is 0.867. The van der Waals surface area contributed by atoms with Gasteiger partial charge in [-0.1, -0.05) is 117 Å². The molecule has 0 aromatic carbocycles. The molecule has 0 rings (SSSR count). The van der Waals surface area contributed by atoms with Crippen molar-refractivity contribution >= 4 is 23.8 Å². The molecule has 38 heavy (non-hydrogen) atoms. The van der Waals surface area contributed by atoms with E-state index in [2.05, 4.69) is 19.2 Å². The summed E-state index contributed by atoms with van der Waals surface area (Å²) < 4.78 is 5.64. The predicted octanol–water partition coefficient (Wildman–Crippen LogP) is 6.57. The molecule has 222 valence electrons. The zero-order valence-corrected chi connectivity index (χ0v) is 24.3. The Labute approximate surface area is 231 Å². The highest BCUT2D eigenvalue weighted by molar-refractivity contribution is 5.99. The van der Waals surface area contributed by atoms with Crippen LogP contribution < -0.4 is 11.1 Å². The molecular formula is C30H56N2O6. The van der Waals surface area contributed by atoms with E-state index in [1.807, 2.05) is 0 Å². The largest absolute Gasteiger partial charge is 0.481 e. The zero-order chi connectivity index (χ0) is 28.4. The summed E-state index contributed by atoms with van der Waals surface area (Å²) in [5.41, 5.74) is 5.53. The third kappa shape index (κ3) is 23.2. The number of hydrogen-bond acceptors (Lipinski definition) is 6. The van der Waals surface area contributed by atoms with Crippen LogP contribution >= 0.6 is 0 Å². The van der Waals surface area contributed by atoms with Gasteiger partial charge in [0.1, 0.15) is 6.10 Å². The average Bonchev–Trinajstić information content (AvgIpc) is 2.86. The molecule has 0 bridgehead atoms. The van der Waals surface area contributed by atoms with Gasteiger partial charge in [-0.25, -0.2) is 0 Å². The summed E-state index contributed by atoms with van der Waals surface area (Å²) in [7, 11) is 0. The quantitative estimate of drug-likeness (QED) is 0.0833. The number of carboxylic acids is 1. The third-order valence-electron chi connectivity index (χ3n) is 6.82. The molecule has 0 saturated carbocycles. The highest BCUT2D eigenvalue weighted by Crippen LogP contribution is 2.16. The van der Waals surface area contributed by atoms with Crippen LogP contribution in [0, 0.1) is 0 Å². The van der Waals surface area contributed by atoms with Crippen molar-refractivity contribution < 1.29 is 29.0 Å². The van der Waals surface area contributed by atoms with E-state index in [4.69, 9.17) is 15.6 Å². The first-order valence-electron chi connectivity index (χ1n) is 15.3. The Hall–Kier alpha value is -1.96. The van der Waals surface area contributed by atoms with Gasteiger partial charge < -0.3 is 15.6 Å². The van der Waals surface area contributed by atoms with E-state index < -0.39 is 36.4 Å². The molecule has 0 aromatic heterocycles. The topological polar surface area (TPSA) is 136 Å². The van der Waals surface area contributed by atoms with E-state index in [1.165, 1.54) is 77.0 Å². The summed E-state index contributed by atoms with van der Waals surface area (Å²) in [5.74, 6) is -2.96. The number of nitrogens with one attached hydrogen (secondary N) is 1. The summed E-state index contributed by atoms with van der Waals surface area (Å²) in [6.45, 7) is 4.42. The van der Waals surface area contributed by atoms with Crippen LogP contribution in [0.4, 0.5) is 0 Å². The monoisotopic (exact) mass is 540 g/mol. The number of rotatable bonds is 26. The van der Waals surface area contributed by atoms with E-state index in [9.17, 15) is 19.2 Å². The second-order valence-electron chi connectivity index (χ2n) is 10.6. The van der Waals surface area contributed by atoms with Crippen molar-refractivity contribution in [3.63, 3.8) is 0 Å². The van der Waals surface area contributed by atoms with Gasteiger partial charge in [0.25, 0.3) is 0 Å². The van der Waals surface area contributed by atoms with E-state index in [1.54, 1.807) is 0 Å². The molecule has 0 aliphatic heterocycles. The number of hydrogen-bond donors (Lipinski definition) is 3. The molecule has 0 heterocycles. The fourth-order valence-electron chi connectivity index (χ4n) is 4.48.